The van der Waals surface area contributed by atoms with Gasteiger partial charge >= 0.3 is 0 Å². The highest BCUT2D eigenvalue weighted by molar-refractivity contribution is 8.00. The predicted molar refractivity (Wildman–Crippen MR) is 114 cm³/mol. The molecule has 3 nitrogen and oxygen atoms in total. The third-order valence-corrected chi connectivity index (χ3v) is 6.17. The van der Waals surface area contributed by atoms with Crippen LogP contribution < -0.4 is 5.32 Å². The molecule has 2 aromatic rings. The van der Waals surface area contributed by atoms with Crippen LogP contribution in [-0.2, 0) is 17.9 Å². The summed E-state index contributed by atoms with van der Waals surface area (Å²) in [6.07, 6.45) is 3.96. The van der Waals surface area contributed by atoms with Crippen molar-refractivity contribution in [3.63, 3.8) is 0 Å². The number of hydrogen-bond acceptors (Lipinski definition) is 3. The fraction of sp³-hybridized carbons (Fsp3) is 0.409. The summed E-state index contributed by atoms with van der Waals surface area (Å²) in [5.74, 6) is 0.0522. The molecule has 5 heteroatoms. The monoisotopic (exact) mass is 402 g/mol. The van der Waals surface area contributed by atoms with Gasteiger partial charge in [-0.1, -0.05) is 42.3 Å². The van der Waals surface area contributed by atoms with Crippen LogP contribution >= 0.6 is 23.4 Å². The van der Waals surface area contributed by atoms with Crippen molar-refractivity contribution in [1.82, 2.24) is 10.2 Å². The Morgan fingerprint density at radius 3 is 2.56 bits per heavy atom. The zero-order valence-electron chi connectivity index (χ0n) is 15.8. The van der Waals surface area contributed by atoms with Crippen LogP contribution in [0.2, 0.25) is 5.02 Å². The predicted octanol–water partition coefficient (Wildman–Crippen LogP) is 5.12. The van der Waals surface area contributed by atoms with Crippen LogP contribution in [0.1, 0.15) is 37.3 Å². The van der Waals surface area contributed by atoms with E-state index in [0.29, 0.717) is 11.6 Å². The van der Waals surface area contributed by atoms with Crippen molar-refractivity contribution < 1.29 is 4.79 Å². The van der Waals surface area contributed by atoms with E-state index >= 15 is 0 Å². The number of hydrogen-bond donors (Lipinski definition) is 1. The van der Waals surface area contributed by atoms with Gasteiger partial charge in [0.1, 0.15) is 0 Å². The Morgan fingerprint density at radius 2 is 1.81 bits per heavy atom. The smallest absolute Gasteiger partial charge is 0.233 e. The van der Waals surface area contributed by atoms with Crippen LogP contribution in [0.4, 0.5) is 0 Å². The van der Waals surface area contributed by atoms with E-state index in [1.807, 2.05) is 31.2 Å². The molecule has 1 aliphatic heterocycles. The molecule has 0 saturated carbocycles. The van der Waals surface area contributed by atoms with Crippen molar-refractivity contribution in [2.24, 2.45) is 0 Å². The largest absolute Gasteiger partial charge is 0.351 e. The number of likely N-dealkylation sites (tertiary alicyclic amines) is 1. The van der Waals surface area contributed by atoms with Gasteiger partial charge in [0.2, 0.25) is 5.91 Å². The molecule has 0 aromatic heterocycles. The lowest BCUT2D eigenvalue weighted by molar-refractivity contribution is -0.120. The summed E-state index contributed by atoms with van der Waals surface area (Å²) >= 11 is 7.46. The average molecular weight is 403 g/mol. The minimum Gasteiger partial charge on any atom is -0.351 e. The third-order valence-electron chi connectivity index (χ3n) is 4.81. The van der Waals surface area contributed by atoms with Crippen molar-refractivity contribution in [3.8, 4) is 0 Å². The van der Waals surface area contributed by atoms with Crippen LogP contribution in [0.3, 0.4) is 0 Å². The quantitative estimate of drug-likeness (QED) is 0.652. The van der Waals surface area contributed by atoms with E-state index in [0.717, 1.165) is 17.0 Å². The average Bonchev–Trinajstić information content (AvgIpc) is 2.69. The maximum absolute atomic E-state index is 12.4. The summed E-state index contributed by atoms with van der Waals surface area (Å²) in [6, 6.07) is 16.2. The van der Waals surface area contributed by atoms with Crippen molar-refractivity contribution in [3.05, 3.63) is 64.7 Å². The summed E-state index contributed by atoms with van der Waals surface area (Å²) in [4.78, 5) is 16.0. The van der Waals surface area contributed by atoms with Gasteiger partial charge in [0.25, 0.3) is 0 Å². The highest BCUT2D eigenvalue weighted by Gasteiger charge is 2.14. The Morgan fingerprint density at radius 1 is 1.11 bits per heavy atom. The Labute approximate surface area is 171 Å². The first-order valence-electron chi connectivity index (χ1n) is 9.60. The molecular weight excluding hydrogens is 376 g/mol. The zero-order valence-corrected chi connectivity index (χ0v) is 17.4. The molecule has 1 amide bonds. The Bertz CT molecular complexity index is 744. The number of nitrogens with one attached hydrogen (secondary N) is 1. The summed E-state index contributed by atoms with van der Waals surface area (Å²) in [7, 11) is 0. The molecule has 1 fully saturated rings. The molecule has 1 aliphatic rings. The second-order valence-electron chi connectivity index (χ2n) is 7.09. The van der Waals surface area contributed by atoms with Gasteiger partial charge in [-0.2, -0.15) is 0 Å². The van der Waals surface area contributed by atoms with Crippen molar-refractivity contribution in [2.75, 3.05) is 13.1 Å². The van der Waals surface area contributed by atoms with Crippen LogP contribution in [0.5, 0.6) is 0 Å². The number of carbonyl (C=O) groups excluding carboxylic acids is 1. The van der Waals surface area contributed by atoms with Gasteiger partial charge < -0.3 is 5.32 Å². The first kappa shape index (κ1) is 20.2. The molecular formula is C22H27ClN2OS. The van der Waals surface area contributed by atoms with Crippen molar-refractivity contribution >= 4 is 29.3 Å². The number of piperidine rings is 1. The zero-order chi connectivity index (χ0) is 19.1. The van der Waals surface area contributed by atoms with Crippen molar-refractivity contribution in [1.29, 1.82) is 0 Å². The number of rotatable bonds is 7. The molecule has 144 valence electrons. The molecule has 1 atom stereocenters. The second kappa shape index (κ2) is 10.2. The highest BCUT2D eigenvalue weighted by atomic mass is 35.5. The Hall–Kier alpha value is -1.49. The number of thioether (sulfide) groups is 1. The van der Waals surface area contributed by atoms with Crippen LogP contribution in [-0.4, -0.2) is 29.1 Å². The summed E-state index contributed by atoms with van der Waals surface area (Å²) in [5.41, 5.74) is 2.48. The molecule has 0 radical (unpaired) electrons. The molecule has 1 N–H and O–H groups in total. The van der Waals surface area contributed by atoms with Gasteiger partial charge in [0.15, 0.2) is 0 Å². The van der Waals surface area contributed by atoms with Crippen LogP contribution in [0.25, 0.3) is 0 Å². The van der Waals surface area contributed by atoms with E-state index in [1.54, 1.807) is 11.8 Å². The number of amides is 1. The fourth-order valence-electron chi connectivity index (χ4n) is 3.32. The van der Waals surface area contributed by atoms with E-state index in [1.165, 1.54) is 37.9 Å². The highest BCUT2D eigenvalue weighted by Crippen LogP contribution is 2.24. The van der Waals surface area contributed by atoms with E-state index in [-0.39, 0.29) is 11.2 Å². The Balaban J connectivity index is 1.49. The van der Waals surface area contributed by atoms with E-state index < -0.39 is 0 Å². The fourth-order valence-corrected chi connectivity index (χ4v) is 4.34. The van der Waals surface area contributed by atoms with Gasteiger partial charge in [0, 0.05) is 23.0 Å². The summed E-state index contributed by atoms with van der Waals surface area (Å²) < 4.78 is 0. The van der Waals surface area contributed by atoms with Gasteiger partial charge in [-0.15, -0.1) is 11.8 Å². The number of benzene rings is 2. The lowest BCUT2D eigenvalue weighted by Crippen LogP contribution is -2.30. The van der Waals surface area contributed by atoms with Crippen LogP contribution in [0, 0.1) is 0 Å². The first-order chi connectivity index (χ1) is 13.1. The van der Waals surface area contributed by atoms with Gasteiger partial charge in [0.05, 0.1) is 5.25 Å². The minimum absolute atomic E-state index is 0.0522. The maximum Gasteiger partial charge on any atom is 0.233 e. The Kier molecular flexibility index (Phi) is 7.62. The topological polar surface area (TPSA) is 32.3 Å². The molecule has 1 heterocycles. The standard InChI is InChI=1S/C22H27ClN2OS/c1-17(27-21-10-8-20(23)9-11-21)22(26)24-15-18-6-5-7-19(14-18)16-25-12-3-2-4-13-25/h5-11,14,17H,2-4,12-13,15-16H2,1H3,(H,24,26)/t17-/m1/s1. The van der Waals surface area contributed by atoms with Gasteiger partial charge in [-0.05, 0) is 68.2 Å². The van der Waals surface area contributed by atoms with Gasteiger partial charge in [-0.3, -0.25) is 9.69 Å². The minimum atomic E-state index is -0.150. The molecule has 2 aromatic carbocycles. The second-order valence-corrected chi connectivity index (χ2v) is 8.94. The third kappa shape index (κ3) is 6.56. The molecule has 1 saturated heterocycles. The number of carbonyl (C=O) groups is 1. The molecule has 27 heavy (non-hydrogen) atoms. The normalized spacial score (nSPS) is 16.1. The summed E-state index contributed by atoms with van der Waals surface area (Å²) in [6.45, 7) is 5.89. The van der Waals surface area contributed by atoms with Crippen molar-refractivity contribution in [2.45, 2.75) is 49.4 Å². The van der Waals surface area contributed by atoms with Crippen LogP contribution in [0.15, 0.2) is 53.4 Å². The molecule has 0 unspecified atom stereocenters. The lowest BCUT2D eigenvalue weighted by Gasteiger charge is -2.26. The van der Waals surface area contributed by atoms with E-state index in [9.17, 15) is 4.79 Å². The first-order valence-corrected chi connectivity index (χ1v) is 10.9. The molecule has 3 rings (SSSR count). The molecule has 0 spiro atoms. The molecule has 0 bridgehead atoms. The number of nitrogens with zero attached hydrogens (tertiary/aromatic N) is 1. The van der Waals surface area contributed by atoms with E-state index in [4.69, 9.17) is 11.6 Å². The van der Waals surface area contributed by atoms with E-state index in [2.05, 4.69) is 34.5 Å². The molecule has 0 aliphatic carbocycles. The number of halogens is 1. The van der Waals surface area contributed by atoms with Gasteiger partial charge in [-0.25, -0.2) is 0 Å². The SMILES string of the molecule is C[C@@H](Sc1ccc(Cl)cc1)C(=O)NCc1cccc(CN2CCCCC2)c1. The summed E-state index contributed by atoms with van der Waals surface area (Å²) in [5, 5.41) is 3.62. The lowest BCUT2D eigenvalue weighted by atomic mass is 10.1. The maximum atomic E-state index is 12.4.